The standard InChI is InChI=1S/C23H18ClF2N3O4S.C23H16ClF2N3O4S/c2*1-12(30)11-34(32,33)29-19-7-6-18(25)20(21(19)26)22(31)17-10-28-23-16(17)8-14(9-27-23)13-2-4-15(24)5-3-13/h2-10,12,29-30H,11H2,1H3,(H,27,28);2-10,29H,11H2,1H3,(H,27,28). The van der Waals surface area contributed by atoms with Crippen molar-refractivity contribution in [1.82, 2.24) is 19.9 Å². The third-order valence-corrected chi connectivity index (χ3v) is 13.2. The van der Waals surface area contributed by atoms with Crippen LogP contribution in [-0.4, -0.2) is 76.8 Å². The molecule has 350 valence electrons. The number of anilines is 2. The van der Waals surface area contributed by atoms with Gasteiger partial charge in [-0.15, -0.1) is 0 Å². The van der Waals surface area contributed by atoms with Gasteiger partial charge in [0.25, 0.3) is 0 Å². The lowest BCUT2D eigenvalue weighted by Gasteiger charge is -2.12. The minimum absolute atomic E-state index is 0.0416. The highest BCUT2D eigenvalue weighted by Crippen LogP contribution is 2.32. The molecule has 0 radical (unpaired) electrons. The fraction of sp³-hybridized carbons (Fsp3) is 0.109. The monoisotopic (exact) mass is 1010 g/mol. The number of rotatable bonds is 14. The van der Waals surface area contributed by atoms with Gasteiger partial charge in [0.05, 0.1) is 34.4 Å². The zero-order valence-corrected chi connectivity index (χ0v) is 38.3. The molecule has 0 aliphatic heterocycles. The van der Waals surface area contributed by atoms with Gasteiger partial charge in [0.15, 0.2) is 11.6 Å². The Morgan fingerprint density at radius 3 is 1.41 bits per heavy atom. The number of nitrogens with zero attached hydrogens (tertiary/aromatic N) is 2. The summed E-state index contributed by atoms with van der Waals surface area (Å²) in [5, 5.41) is 11.1. The van der Waals surface area contributed by atoms with E-state index < -0.39 is 101 Å². The first-order valence-corrected chi connectivity index (χ1v) is 23.9. The molecule has 4 aromatic carbocycles. The van der Waals surface area contributed by atoms with Gasteiger partial charge in [-0.25, -0.2) is 44.4 Å². The first-order chi connectivity index (χ1) is 32.1. The number of nitrogens with one attached hydrogen (secondary N) is 4. The molecule has 22 heteroatoms. The number of carbonyl (C=O) groups excluding carboxylic acids is 3. The molecule has 0 fully saturated rings. The summed E-state index contributed by atoms with van der Waals surface area (Å²) < 4.78 is 111. The number of hydrogen-bond donors (Lipinski definition) is 5. The molecule has 0 saturated carbocycles. The molecule has 14 nitrogen and oxygen atoms in total. The Morgan fingerprint density at radius 1 is 0.632 bits per heavy atom. The highest BCUT2D eigenvalue weighted by Gasteiger charge is 2.28. The number of ketones is 3. The summed E-state index contributed by atoms with van der Waals surface area (Å²) in [5.41, 5.74) is 0.258. The number of halogens is 6. The Bertz CT molecular complexity index is 3520. The SMILES string of the molecule is CC(=O)CS(=O)(=O)Nc1ccc(F)c(C(=O)c2c[nH]c3ncc(-c4ccc(Cl)cc4)cc23)c1F.CC(O)CS(=O)(=O)Nc1ccc(F)c(C(=O)c2c[nH]c3ncc(-c4ccc(Cl)cc4)cc23)c1F. The first-order valence-electron chi connectivity index (χ1n) is 19.8. The van der Waals surface area contributed by atoms with E-state index in [-0.39, 0.29) is 11.1 Å². The number of sulfonamides is 2. The zero-order valence-electron chi connectivity index (χ0n) is 35.2. The average molecular weight is 1010 g/mol. The summed E-state index contributed by atoms with van der Waals surface area (Å²) in [6.45, 7) is 2.30. The highest BCUT2D eigenvalue weighted by atomic mass is 35.5. The van der Waals surface area contributed by atoms with Gasteiger partial charge in [-0.05, 0) is 85.6 Å². The predicted octanol–water partition coefficient (Wildman–Crippen LogP) is 9.24. The van der Waals surface area contributed by atoms with Crippen LogP contribution in [0.1, 0.15) is 45.7 Å². The van der Waals surface area contributed by atoms with E-state index in [9.17, 15) is 45.1 Å². The molecular formula is C46H34Cl2F4N6O8S2. The molecule has 5 N–H and O–H groups in total. The predicted molar refractivity (Wildman–Crippen MR) is 250 cm³/mol. The van der Waals surface area contributed by atoms with Gasteiger partial charge in [0.1, 0.15) is 34.5 Å². The lowest BCUT2D eigenvalue weighted by molar-refractivity contribution is -0.114. The van der Waals surface area contributed by atoms with Gasteiger partial charge in [0, 0.05) is 67.9 Å². The molecule has 0 aliphatic carbocycles. The van der Waals surface area contributed by atoms with Crippen LogP contribution in [0.15, 0.2) is 110 Å². The van der Waals surface area contributed by atoms with E-state index in [1.165, 1.54) is 19.3 Å². The Kier molecular flexibility index (Phi) is 14.2. The minimum atomic E-state index is -4.24. The number of pyridine rings is 2. The fourth-order valence-electron chi connectivity index (χ4n) is 6.93. The molecule has 0 amide bonds. The number of aliphatic hydroxyl groups excluding tert-OH is 1. The third-order valence-electron chi connectivity index (χ3n) is 9.93. The quantitative estimate of drug-likeness (QED) is 0.0513. The van der Waals surface area contributed by atoms with Crippen LogP contribution in [-0.2, 0) is 24.8 Å². The zero-order chi connectivity index (χ0) is 49.2. The van der Waals surface area contributed by atoms with E-state index in [4.69, 9.17) is 23.2 Å². The van der Waals surface area contributed by atoms with Gasteiger partial charge in [0.2, 0.25) is 31.6 Å². The normalized spacial score (nSPS) is 12.1. The molecule has 8 aromatic rings. The molecule has 4 aromatic heterocycles. The van der Waals surface area contributed by atoms with E-state index in [0.29, 0.717) is 43.2 Å². The molecule has 68 heavy (non-hydrogen) atoms. The number of aliphatic hydroxyl groups is 1. The maximum atomic E-state index is 15.1. The summed E-state index contributed by atoms with van der Waals surface area (Å²) in [5.74, 6) is -9.36. The topological polar surface area (TPSA) is 221 Å². The van der Waals surface area contributed by atoms with E-state index in [2.05, 4.69) is 19.9 Å². The van der Waals surface area contributed by atoms with Gasteiger partial charge in [-0.3, -0.25) is 23.8 Å². The van der Waals surface area contributed by atoms with Crippen LogP contribution in [0.2, 0.25) is 10.0 Å². The molecular weight excluding hydrogens is 976 g/mol. The van der Waals surface area contributed by atoms with Crippen LogP contribution in [0.3, 0.4) is 0 Å². The Morgan fingerprint density at radius 2 is 1.03 bits per heavy atom. The molecule has 1 unspecified atom stereocenters. The van der Waals surface area contributed by atoms with Gasteiger partial charge in [-0.1, -0.05) is 47.5 Å². The second-order valence-corrected chi connectivity index (χ2v) is 19.5. The Hall–Kier alpha value is -6.97. The van der Waals surface area contributed by atoms with E-state index in [1.54, 1.807) is 73.1 Å². The van der Waals surface area contributed by atoms with Gasteiger partial charge >= 0.3 is 0 Å². The van der Waals surface area contributed by atoms with E-state index >= 15 is 8.78 Å². The molecule has 0 saturated heterocycles. The van der Waals surface area contributed by atoms with Crippen molar-refractivity contribution in [3.05, 3.63) is 165 Å². The third kappa shape index (κ3) is 10.9. The number of aromatic nitrogens is 4. The molecule has 1 atom stereocenters. The minimum Gasteiger partial charge on any atom is -0.392 e. The number of carbonyl (C=O) groups is 3. The van der Waals surface area contributed by atoms with Gasteiger partial charge < -0.3 is 15.1 Å². The maximum Gasteiger partial charge on any atom is 0.239 e. The number of Topliss-reactive ketones (excluding diaryl/α,β-unsaturated/α-hetero) is 1. The largest absolute Gasteiger partial charge is 0.392 e. The first kappa shape index (κ1) is 48.9. The number of benzene rings is 4. The molecule has 0 aliphatic rings. The number of H-pyrrole nitrogens is 2. The van der Waals surface area contributed by atoms with Crippen LogP contribution < -0.4 is 9.44 Å². The van der Waals surface area contributed by atoms with E-state index in [1.807, 2.05) is 9.44 Å². The fourth-order valence-corrected chi connectivity index (χ4v) is 9.49. The van der Waals surface area contributed by atoms with Crippen LogP contribution in [0.4, 0.5) is 28.9 Å². The van der Waals surface area contributed by atoms with Crippen LogP contribution in [0.25, 0.3) is 44.3 Å². The molecule has 8 rings (SSSR count). The smallest absolute Gasteiger partial charge is 0.239 e. The van der Waals surface area contributed by atoms with E-state index in [0.717, 1.165) is 42.3 Å². The summed E-state index contributed by atoms with van der Waals surface area (Å²) in [6.07, 6.45) is 4.50. The lowest BCUT2D eigenvalue weighted by Crippen LogP contribution is -2.25. The summed E-state index contributed by atoms with van der Waals surface area (Å²) in [7, 11) is -8.38. The van der Waals surface area contributed by atoms with Crippen molar-refractivity contribution in [3.8, 4) is 22.3 Å². The van der Waals surface area contributed by atoms with Gasteiger partial charge in [-0.2, -0.15) is 0 Å². The summed E-state index contributed by atoms with van der Waals surface area (Å²) >= 11 is 11.8. The number of hydrogen-bond acceptors (Lipinski definition) is 10. The van der Waals surface area contributed by atoms with Crippen molar-refractivity contribution in [2.45, 2.75) is 20.0 Å². The van der Waals surface area contributed by atoms with Crippen molar-refractivity contribution in [1.29, 1.82) is 0 Å². The van der Waals surface area contributed by atoms with Crippen molar-refractivity contribution in [2.75, 3.05) is 20.9 Å². The van der Waals surface area contributed by atoms with Crippen molar-refractivity contribution in [2.24, 2.45) is 0 Å². The Balaban J connectivity index is 0.000000201. The molecule has 4 heterocycles. The average Bonchev–Trinajstić information content (AvgIpc) is 3.90. The van der Waals surface area contributed by atoms with Crippen molar-refractivity contribution in [3.63, 3.8) is 0 Å². The second-order valence-electron chi connectivity index (χ2n) is 15.2. The number of fused-ring (bicyclic) bond motifs is 2. The maximum absolute atomic E-state index is 15.1. The highest BCUT2D eigenvalue weighted by molar-refractivity contribution is 7.93. The summed E-state index contributed by atoms with van der Waals surface area (Å²) in [6, 6.07) is 20.4. The van der Waals surface area contributed by atoms with Crippen molar-refractivity contribution >= 4 is 94.0 Å². The molecule has 0 spiro atoms. The van der Waals surface area contributed by atoms with Crippen molar-refractivity contribution < 1.29 is 53.9 Å². The summed E-state index contributed by atoms with van der Waals surface area (Å²) in [4.78, 5) is 51.6. The van der Waals surface area contributed by atoms with Crippen LogP contribution >= 0.6 is 23.2 Å². The van der Waals surface area contributed by atoms with Crippen LogP contribution in [0.5, 0.6) is 0 Å². The van der Waals surface area contributed by atoms with Crippen LogP contribution in [0, 0.1) is 23.3 Å². The second kappa shape index (κ2) is 19.7. The molecule has 0 bridgehead atoms. The lowest BCUT2D eigenvalue weighted by atomic mass is 10.00. The number of aromatic amines is 2. The Labute approximate surface area is 394 Å².